The third-order valence-electron chi connectivity index (χ3n) is 3.96. The molecule has 158 valence electrons. The molecule has 0 unspecified atom stereocenters. The summed E-state index contributed by atoms with van der Waals surface area (Å²) in [6.07, 6.45) is 1.52. The summed E-state index contributed by atoms with van der Waals surface area (Å²) in [5.41, 5.74) is 3.87. The third kappa shape index (κ3) is 7.17. The molecule has 9 nitrogen and oxygen atoms in total. The van der Waals surface area contributed by atoms with E-state index in [-0.39, 0.29) is 5.69 Å². The molecule has 3 aromatic rings. The van der Waals surface area contributed by atoms with Gasteiger partial charge in [0.25, 0.3) is 5.69 Å². The first-order chi connectivity index (χ1) is 15.1. The molecule has 0 aliphatic rings. The number of para-hydroxylation sites is 1. The van der Waals surface area contributed by atoms with Crippen LogP contribution >= 0.6 is 0 Å². The molecule has 3 aromatic carbocycles. The van der Waals surface area contributed by atoms with Crippen LogP contribution < -0.4 is 20.2 Å². The summed E-state index contributed by atoms with van der Waals surface area (Å²) in [5, 5.41) is 17.2. The first kappa shape index (κ1) is 21.3. The van der Waals surface area contributed by atoms with E-state index in [9.17, 15) is 14.9 Å². The molecule has 0 fully saturated rings. The Morgan fingerprint density at radius 3 is 2.06 bits per heavy atom. The van der Waals surface area contributed by atoms with Crippen LogP contribution in [-0.4, -0.2) is 30.4 Å². The topological polar surface area (TPSA) is 115 Å². The highest BCUT2D eigenvalue weighted by Gasteiger charge is 2.04. The number of nitrogens with one attached hydrogen (secondary N) is 2. The number of non-ortho nitro benzene ring substituents is 1. The van der Waals surface area contributed by atoms with E-state index in [0.717, 1.165) is 5.56 Å². The van der Waals surface area contributed by atoms with Crippen LogP contribution in [0.5, 0.6) is 11.5 Å². The van der Waals surface area contributed by atoms with Gasteiger partial charge in [0.15, 0.2) is 0 Å². The third-order valence-corrected chi connectivity index (χ3v) is 3.96. The maximum absolute atomic E-state index is 11.8. The van der Waals surface area contributed by atoms with Gasteiger partial charge in [-0.1, -0.05) is 18.2 Å². The van der Waals surface area contributed by atoms with Gasteiger partial charge in [-0.2, -0.15) is 5.10 Å². The Balaban J connectivity index is 1.37. The van der Waals surface area contributed by atoms with E-state index in [1.54, 1.807) is 48.5 Å². The Morgan fingerprint density at radius 2 is 1.48 bits per heavy atom. The summed E-state index contributed by atoms with van der Waals surface area (Å²) >= 11 is 0. The van der Waals surface area contributed by atoms with Gasteiger partial charge >= 0.3 is 6.03 Å². The highest BCUT2D eigenvalue weighted by molar-refractivity contribution is 5.90. The van der Waals surface area contributed by atoms with Crippen molar-refractivity contribution in [2.45, 2.75) is 0 Å². The number of hydrogen-bond acceptors (Lipinski definition) is 6. The van der Waals surface area contributed by atoms with Gasteiger partial charge in [-0.25, -0.2) is 10.2 Å². The van der Waals surface area contributed by atoms with Crippen molar-refractivity contribution < 1.29 is 19.2 Å². The smallest absolute Gasteiger partial charge is 0.339 e. The Morgan fingerprint density at radius 1 is 0.903 bits per heavy atom. The van der Waals surface area contributed by atoms with Crippen molar-refractivity contribution in [1.82, 2.24) is 5.43 Å². The minimum absolute atomic E-state index is 0.0132. The minimum atomic E-state index is -0.461. The van der Waals surface area contributed by atoms with Gasteiger partial charge in [0, 0.05) is 17.8 Å². The molecule has 0 spiro atoms. The molecule has 0 saturated carbocycles. The molecular weight excluding hydrogens is 400 g/mol. The number of carbonyl (C=O) groups excluding carboxylic acids is 1. The standard InChI is InChI=1S/C22H20N4O5/c27-22(24-18-4-2-1-3-5-18)25-23-16-17-6-10-20(11-7-17)30-14-15-31-21-12-8-19(9-13-21)26(28)29/h1-13,16H,14-15H2,(H2,24,25,27). The van der Waals surface area contributed by atoms with Crippen LogP contribution in [0.2, 0.25) is 0 Å². The number of nitro groups is 1. The van der Waals surface area contributed by atoms with Crippen LogP contribution in [-0.2, 0) is 0 Å². The summed E-state index contributed by atoms with van der Waals surface area (Å²) in [6, 6.07) is 21.6. The first-order valence-electron chi connectivity index (χ1n) is 9.35. The summed E-state index contributed by atoms with van der Waals surface area (Å²) in [7, 11) is 0. The lowest BCUT2D eigenvalue weighted by atomic mass is 10.2. The molecule has 2 amide bonds. The number of amides is 2. The zero-order valence-corrected chi connectivity index (χ0v) is 16.4. The fourth-order valence-corrected chi connectivity index (χ4v) is 2.48. The number of hydrazone groups is 1. The molecule has 0 saturated heterocycles. The van der Waals surface area contributed by atoms with Crippen LogP contribution in [0.15, 0.2) is 84.0 Å². The van der Waals surface area contributed by atoms with Gasteiger partial charge in [-0.05, 0) is 54.1 Å². The number of benzene rings is 3. The molecule has 0 atom stereocenters. The highest BCUT2D eigenvalue weighted by Crippen LogP contribution is 2.17. The predicted molar refractivity (Wildman–Crippen MR) is 117 cm³/mol. The fraction of sp³-hybridized carbons (Fsp3) is 0.0909. The largest absolute Gasteiger partial charge is 0.490 e. The van der Waals surface area contributed by atoms with Crippen molar-refractivity contribution in [3.8, 4) is 11.5 Å². The number of rotatable bonds is 9. The van der Waals surface area contributed by atoms with Gasteiger partial charge in [0.1, 0.15) is 24.7 Å². The maximum atomic E-state index is 11.8. The normalized spacial score (nSPS) is 10.5. The Hall–Kier alpha value is -4.40. The Labute approximate surface area is 178 Å². The monoisotopic (exact) mass is 420 g/mol. The number of urea groups is 1. The molecule has 0 aliphatic heterocycles. The molecule has 3 rings (SSSR count). The predicted octanol–water partition coefficient (Wildman–Crippen LogP) is 4.21. The lowest BCUT2D eigenvalue weighted by Gasteiger charge is -2.08. The molecule has 2 N–H and O–H groups in total. The van der Waals surface area contributed by atoms with E-state index in [1.807, 2.05) is 18.2 Å². The SMILES string of the molecule is O=C(NN=Cc1ccc(OCCOc2ccc([N+](=O)[O-])cc2)cc1)Nc1ccccc1. The molecule has 0 aliphatic carbocycles. The second-order valence-corrected chi connectivity index (χ2v) is 6.21. The molecule has 0 bridgehead atoms. The first-order valence-corrected chi connectivity index (χ1v) is 9.35. The number of carbonyl (C=O) groups is 1. The number of nitrogens with zero attached hydrogens (tertiary/aromatic N) is 2. The summed E-state index contributed by atoms with van der Waals surface area (Å²) < 4.78 is 11.1. The quantitative estimate of drug-likeness (QED) is 0.233. The van der Waals surface area contributed by atoms with Gasteiger partial charge in [-0.3, -0.25) is 10.1 Å². The van der Waals surface area contributed by atoms with Crippen molar-refractivity contribution in [3.05, 3.63) is 94.5 Å². The molecule has 0 radical (unpaired) electrons. The Bertz CT molecular complexity index is 1020. The summed E-state index contributed by atoms with van der Waals surface area (Å²) in [6.45, 7) is 0.604. The van der Waals surface area contributed by atoms with E-state index < -0.39 is 11.0 Å². The summed E-state index contributed by atoms with van der Waals surface area (Å²) in [5.74, 6) is 1.18. The van der Waals surface area contributed by atoms with E-state index in [0.29, 0.717) is 30.4 Å². The number of nitro benzene ring substituents is 1. The van der Waals surface area contributed by atoms with Crippen molar-refractivity contribution in [2.24, 2.45) is 5.10 Å². The fourth-order valence-electron chi connectivity index (χ4n) is 2.48. The van der Waals surface area contributed by atoms with Crippen LogP contribution in [0.1, 0.15) is 5.56 Å². The zero-order chi connectivity index (χ0) is 21.9. The Kier molecular flexibility index (Phi) is 7.53. The number of hydrogen-bond donors (Lipinski definition) is 2. The van der Waals surface area contributed by atoms with Gasteiger partial charge < -0.3 is 14.8 Å². The van der Waals surface area contributed by atoms with Crippen molar-refractivity contribution >= 4 is 23.6 Å². The van der Waals surface area contributed by atoms with E-state index in [1.165, 1.54) is 18.3 Å². The van der Waals surface area contributed by atoms with Crippen molar-refractivity contribution in [2.75, 3.05) is 18.5 Å². The molecule has 0 aromatic heterocycles. The highest BCUT2D eigenvalue weighted by atomic mass is 16.6. The summed E-state index contributed by atoms with van der Waals surface area (Å²) in [4.78, 5) is 21.9. The zero-order valence-electron chi connectivity index (χ0n) is 16.4. The van der Waals surface area contributed by atoms with Gasteiger partial charge in [0.05, 0.1) is 11.1 Å². The van der Waals surface area contributed by atoms with E-state index in [4.69, 9.17) is 9.47 Å². The molecular formula is C22H20N4O5. The van der Waals surface area contributed by atoms with Crippen molar-refractivity contribution in [3.63, 3.8) is 0 Å². The molecule has 31 heavy (non-hydrogen) atoms. The lowest BCUT2D eigenvalue weighted by Crippen LogP contribution is -2.24. The van der Waals surface area contributed by atoms with Gasteiger partial charge in [0.2, 0.25) is 0 Å². The number of anilines is 1. The van der Waals surface area contributed by atoms with Crippen LogP contribution in [0.25, 0.3) is 0 Å². The van der Waals surface area contributed by atoms with Crippen LogP contribution in [0.4, 0.5) is 16.2 Å². The minimum Gasteiger partial charge on any atom is -0.490 e. The van der Waals surface area contributed by atoms with Crippen molar-refractivity contribution in [1.29, 1.82) is 0 Å². The second-order valence-electron chi connectivity index (χ2n) is 6.21. The number of ether oxygens (including phenoxy) is 2. The van der Waals surface area contributed by atoms with E-state index >= 15 is 0 Å². The maximum Gasteiger partial charge on any atom is 0.339 e. The lowest BCUT2D eigenvalue weighted by molar-refractivity contribution is -0.384. The molecule has 0 heterocycles. The van der Waals surface area contributed by atoms with E-state index in [2.05, 4.69) is 15.8 Å². The second kappa shape index (κ2) is 11.0. The van der Waals surface area contributed by atoms with Crippen LogP contribution in [0.3, 0.4) is 0 Å². The van der Waals surface area contributed by atoms with Gasteiger partial charge in [-0.15, -0.1) is 0 Å². The van der Waals surface area contributed by atoms with Crippen LogP contribution in [0, 0.1) is 10.1 Å². The molecule has 9 heteroatoms. The average Bonchev–Trinajstić information content (AvgIpc) is 2.79. The average molecular weight is 420 g/mol.